The van der Waals surface area contributed by atoms with Crippen LogP contribution in [0.2, 0.25) is 0 Å². The van der Waals surface area contributed by atoms with E-state index in [-0.39, 0.29) is 29.2 Å². The summed E-state index contributed by atoms with van der Waals surface area (Å²) in [5.74, 6) is 0.422. The number of fused-ring (bicyclic) bond motifs is 1. The first-order chi connectivity index (χ1) is 14.8. The number of carbonyl (C=O) groups is 1. The van der Waals surface area contributed by atoms with E-state index in [0.29, 0.717) is 43.9 Å². The summed E-state index contributed by atoms with van der Waals surface area (Å²) in [6.45, 7) is 8.58. The van der Waals surface area contributed by atoms with E-state index in [1.165, 1.54) is 6.07 Å². The third-order valence-electron chi connectivity index (χ3n) is 5.13. The van der Waals surface area contributed by atoms with Crippen LogP contribution in [0, 0.1) is 5.92 Å². The van der Waals surface area contributed by atoms with Gasteiger partial charge in [-0.1, -0.05) is 19.0 Å². The van der Waals surface area contributed by atoms with Crippen LogP contribution in [0.15, 0.2) is 25.2 Å². The number of oxime groups is 1. The second kappa shape index (κ2) is 9.76. The fourth-order valence-electron chi connectivity index (χ4n) is 3.51. The third kappa shape index (κ3) is 5.50. The molecule has 1 aliphatic heterocycles. The number of aryl methyl sites for hydroxylation is 1. The lowest BCUT2D eigenvalue weighted by Crippen LogP contribution is -2.45. The Hall–Kier alpha value is -3.17. The van der Waals surface area contributed by atoms with Crippen molar-refractivity contribution in [2.75, 3.05) is 13.2 Å². The number of piperidine rings is 1. The van der Waals surface area contributed by atoms with E-state index < -0.39 is 11.2 Å². The Kier molecular flexibility index (Phi) is 7.09. The predicted octanol–water partition coefficient (Wildman–Crippen LogP) is 2.84. The molecule has 31 heavy (non-hydrogen) atoms. The molecule has 3 heterocycles. The van der Waals surface area contributed by atoms with Crippen LogP contribution in [0.3, 0.4) is 0 Å². The number of amides is 1. The first-order valence-electron chi connectivity index (χ1n) is 10.5. The summed E-state index contributed by atoms with van der Waals surface area (Å²) in [5.41, 5.74) is 0.236. The molecule has 0 bridgehead atoms. The van der Waals surface area contributed by atoms with Gasteiger partial charge < -0.3 is 18.9 Å². The van der Waals surface area contributed by atoms with Crippen molar-refractivity contribution in [1.82, 2.24) is 14.9 Å². The highest BCUT2D eigenvalue weighted by Gasteiger charge is 2.27. The number of nitrogens with one attached hydrogen (secondary N) is 1. The molecule has 0 aliphatic carbocycles. The van der Waals surface area contributed by atoms with E-state index in [1.807, 2.05) is 6.92 Å². The Morgan fingerprint density at radius 2 is 2.19 bits per heavy atom. The van der Waals surface area contributed by atoms with E-state index in [0.717, 1.165) is 12.1 Å². The van der Waals surface area contributed by atoms with Gasteiger partial charge in [-0.05, 0) is 38.2 Å². The van der Waals surface area contributed by atoms with Crippen LogP contribution in [0.4, 0.5) is 4.79 Å². The fraction of sp³-hybridized carbons (Fsp3) is 0.571. The van der Waals surface area contributed by atoms with E-state index in [2.05, 4.69) is 29.0 Å². The maximum Gasteiger partial charge on any atom is 0.410 e. The van der Waals surface area contributed by atoms with E-state index >= 15 is 0 Å². The van der Waals surface area contributed by atoms with Crippen LogP contribution < -0.4 is 16.0 Å². The highest BCUT2D eigenvalue weighted by Crippen LogP contribution is 2.18. The largest absolute Gasteiger partial charge is 0.450 e. The number of likely N-dealkylation sites (tertiary alicyclic amines) is 1. The van der Waals surface area contributed by atoms with Gasteiger partial charge in [0.25, 0.3) is 5.56 Å². The maximum absolute atomic E-state index is 12.6. The number of hydrogen-bond acceptors (Lipinski definition) is 8. The summed E-state index contributed by atoms with van der Waals surface area (Å²) in [6, 6.07) is 1.08. The minimum atomic E-state index is -0.568. The molecule has 0 radical (unpaired) electrons. The lowest BCUT2D eigenvalue weighted by Gasteiger charge is -2.32. The fourth-order valence-corrected chi connectivity index (χ4v) is 3.51. The Morgan fingerprint density at radius 3 is 2.87 bits per heavy atom. The van der Waals surface area contributed by atoms with Gasteiger partial charge in [-0.2, -0.15) is 4.98 Å². The number of H-pyrrole nitrogens is 1. The summed E-state index contributed by atoms with van der Waals surface area (Å²) < 4.78 is 10.2. The topological polar surface area (TPSA) is 127 Å². The molecule has 1 aliphatic rings. The van der Waals surface area contributed by atoms with Crippen LogP contribution in [-0.2, 0) is 11.2 Å². The Morgan fingerprint density at radius 1 is 1.42 bits per heavy atom. The molecule has 1 saturated heterocycles. The van der Waals surface area contributed by atoms with Crippen molar-refractivity contribution in [3.8, 4) is 6.01 Å². The number of rotatable bonds is 6. The summed E-state index contributed by atoms with van der Waals surface area (Å²) in [4.78, 5) is 50.1. The van der Waals surface area contributed by atoms with Gasteiger partial charge in [-0.25, -0.2) is 9.59 Å². The van der Waals surface area contributed by atoms with Gasteiger partial charge in [0.05, 0.1) is 12.3 Å². The number of aromatic nitrogens is 2. The lowest BCUT2D eigenvalue weighted by atomic mass is 10.0. The zero-order chi connectivity index (χ0) is 22.5. The molecule has 0 saturated carbocycles. The second-order valence-corrected chi connectivity index (χ2v) is 8.02. The van der Waals surface area contributed by atoms with Crippen molar-refractivity contribution in [2.24, 2.45) is 11.1 Å². The number of nitrogens with zero attached hydrogens (tertiary/aromatic N) is 3. The zero-order valence-corrected chi connectivity index (χ0v) is 18.3. The summed E-state index contributed by atoms with van der Waals surface area (Å²) in [5, 5.41) is 4.33. The molecule has 10 nitrogen and oxygen atoms in total. The smallest absolute Gasteiger partial charge is 0.410 e. The maximum atomic E-state index is 12.6. The van der Waals surface area contributed by atoms with Crippen LogP contribution in [0.1, 0.15) is 52.5 Å². The molecule has 1 amide bonds. The summed E-state index contributed by atoms with van der Waals surface area (Å²) in [6.07, 6.45) is 2.06. The van der Waals surface area contributed by atoms with E-state index in [1.54, 1.807) is 11.8 Å². The average Bonchev–Trinajstić information content (AvgIpc) is 2.70. The first kappa shape index (κ1) is 22.5. The molecule has 2 aromatic rings. The Bertz CT molecular complexity index is 1090. The predicted molar refractivity (Wildman–Crippen MR) is 115 cm³/mol. The van der Waals surface area contributed by atoms with Gasteiger partial charge in [-0.15, -0.1) is 0 Å². The lowest BCUT2D eigenvalue weighted by molar-refractivity contribution is 0.0917. The van der Waals surface area contributed by atoms with Crippen LogP contribution in [0.25, 0.3) is 11.1 Å². The second-order valence-electron chi connectivity index (χ2n) is 8.02. The summed E-state index contributed by atoms with van der Waals surface area (Å²) in [7, 11) is 0. The van der Waals surface area contributed by atoms with Crippen LogP contribution in [-0.4, -0.2) is 45.9 Å². The highest BCUT2D eigenvalue weighted by molar-refractivity contribution is 5.87. The van der Waals surface area contributed by atoms with Crippen molar-refractivity contribution in [3.63, 3.8) is 0 Å². The number of ether oxygens (including phenoxy) is 1. The van der Waals surface area contributed by atoms with Gasteiger partial charge in [0.2, 0.25) is 5.71 Å². The molecule has 1 fully saturated rings. The van der Waals surface area contributed by atoms with E-state index in [9.17, 15) is 14.4 Å². The van der Waals surface area contributed by atoms with Gasteiger partial charge in [0.15, 0.2) is 0 Å². The van der Waals surface area contributed by atoms with Crippen LogP contribution in [0.5, 0.6) is 6.01 Å². The SMILES string of the molecule is CCOC(=O)N1CC/C(=N\Oc2nc3oc(=O)cc(CCC(C)C)c3c(=O)[nH]2)CC1C. The minimum absolute atomic E-state index is 0.0734. The molecule has 1 N–H and O–H groups in total. The first-order valence-corrected chi connectivity index (χ1v) is 10.5. The van der Waals surface area contributed by atoms with Gasteiger partial charge in [-0.3, -0.25) is 9.78 Å². The molecule has 0 aromatic carbocycles. The molecule has 168 valence electrons. The molecule has 1 atom stereocenters. The Labute approximate surface area is 179 Å². The average molecular weight is 432 g/mol. The molecule has 0 spiro atoms. The quantitative estimate of drug-likeness (QED) is 0.695. The third-order valence-corrected chi connectivity index (χ3v) is 5.13. The van der Waals surface area contributed by atoms with Crippen molar-refractivity contribution in [1.29, 1.82) is 0 Å². The summed E-state index contributed by atoms with van der Waals surface area (Å²) >= 11 is 0. The van der Waals surface area contributed by atoms with Gasteiger partial charge in [0.1, 0.15) is 5.39 Å². The standard InChI is InChI=1S/C21H28N4O6/c1-5-29-21(28)25-9-8-15(10-13(25)4)24-31-20-22-18(27)17-14(7-6-12(2)3)11-16(26)30-19(17)23-20/h11-13H,5-10H2,1-4H3,(H,22,23,27)/b24-15+. The van der Waals surface area contributed by atoms with Gasteiger partial charge >= 0.3 is 17.7 Å². The molecule has 1 unspecified atom stereocenters. The molecular formula is C21H28N4O6. The Balaban J connectivity index is 1.78. The van der Waals surface area contributed by atoms with Crippen LogP contribution >= 0.6 is 0 Å². The molecule has 10 heteroatoms. The normalized spacial score (nSPS) is 18.0. The van der Waals surface area contributed by atoms with Crippen molar-refractivity contribution in [3.05, 3.63) is 32.4 Å². The molecule has 3 rings (SSSR count). The minimum Gasteiger partial charge on any atom is -0.450 e. The van der Waals surface area contributed by atoms with Crippen molar-refractivity contribution < 1.29 is 18.8 Å². The molecule has 2 aromatic heterocycles. The zero-order valence-electron chi connectivity index (χ0n) is 18.3. The van der Waals surface area contributed by atoms with Crippen molar-refractivity contribution in [2.45, 2.75) is 59.4 Å². The van der Waals surface area contributed by atoms with Crippen molar-refractivity contribution >= 4 is 22.9 Å². The van der Waals surface area contributed by atoms with Gasteiger partial charge in [0, 0.05) is 31.5 Å². The number of carbonyl (C=O) groups excluding carboxylic acids is 1. The molecular weight excluding hydrogens is 404 g/mol. The highest BCUT2D eigenvalue weighted by atomic mass is 16.6. The van der Waals surface area contributed by atoms with E-state index in [4.69, 9.17) is 14.0 Å². The number of hydrogen-bond donors (Lipinski definition) is 1. The number of aromatic amines is 1. The monoisotopic (exact) mass is 432 g/mol.